The van der Waals surface area contributed by atoms with Gasteiger partial charge in [-0.3, -0.25) is 4.79 Å². The molecule has 3 N–H and O–H groups in total. The standard InChI is InChI=1S/C15H18BrFN2OS/c16-12-7-6-10(17)8-11(12)15(20)19-13(14(18)21)9-4-2-1-3-5-9/h6-9,13H,1-5H2,(H2,18,21)(H,19,20). The molecule has 0 aromatic heterocycles. The molecule has 6 heteroatoms. The Hall–Kier alpha value is -1.01. The first-order chi connectivity index (χ1) is 9.99. The molecule has 1 fully saturated rings. The van der Waals surface area contributed by atoms with Crippen LogP contribution in [0.4, 0.5) is 4.39 Å². The summed E-state index contributed by atoms with van der Waals surface area (Å²) >= 11 is 8.36. The number of nitrogens with two attached hydrogens (primary N) is 1. The van der Waals surface area contributed by atoms with Gasteiger partial charge in [0.25, 0.3) is 5.91 Å². The van der Waals surface area contributed by atoms with Crippen molar-refractivity contribution in [3.05, 3.63) is 34.1 Å². The number of thiocarbonyl (C=S) groups is 1. The fourth-order valence-electron chi connectivity index (χ4n) is 2.78. The Morgan fingerprint density at radius 2 is 2.05 bits per heavy atom. The number of nitrogens with one attached hydrogen (secondary N) is 1. The Kier molecular flexibility index (Phi) is 5.70. The van der Waals surface area contributed by atoms with Crippen molar-refractivity contribution in [3.63, 3.8) is 0 Å². The van der Waals surface area contributed by atoms with E-state index in [9.17, 15) is 9.18 Å². The number of benzene rings is 1. The smallest absolute Gasteiger partial charge is 0.253 e. The van der Waals surface area contributed by atoms with Gasteiger partial charge < -0.3 is 11.1 Å². The van der Waals surface area contributed by atoms with Crippen LogP contribution in [0.3, 0.4) is 0 Å². The van der Waals surface area contributed by atoms with E-state index in [1.807, 2.05) is 0 Å². The number of carbonyl (C=O) groups excluding carboxylic acids is 1. The van der Waals surface area contributed by atoms with Gasteiger partial charge in [-0.15, -0.1) is 0 Å². The average Bonchev–Trinajstić information content (AvgIpc) is 2.47. The predicted molar refractivity (Wildman–Crippen MR) is 88.7 cm³/mol. The molecule has 1 aromatic carbocycles. The molecule has 0 saturated heterocycles. The molecular weight excluding hydrogens is 355 g/mol. The number of halogens is 2. The van der Waals surface area contributed by atoms with Crippen molar-refractivity contribution in [3.8, 4) is 0 Å². The summed E-state index contributed by atoms with van der Waals surface area (Å²) in [6, 6.07) is 3.69. The second-order valence-electron chi connectivity index (χ2n) is 5.38. The summed E-state index contributed by atoms with van der Waals surface area (Å²) in [5.74, 6) is -0.537. The normalized spacial score (nSPS) is 17.2. The van der Waals surface area contributed by atoms with Crippen molar-refractivity contribution < 1.29 is 9.18 Å². The molecule has 0 bridgehead atoms. The summed E-state index contributed by atoms with van der Waals surface area (Å²) < 4.78 is 13.9. The third kappa shape index (κ3) is 4.23. The van der Waals surface area contributed by atoms with Gasteiger partial charge in [0, 0.05) is 4.47 Å². The summed E-state index contributed by atoms with van der Waals surface area (Å²) in [5.41, 5.74) is 6.05. The first kappa shape index (κ1) is 16.4. The summed E-state index contributed by atoms with van der Waals surface area (Å²) in [6.45, 7) is 0. The molecule has 1 aliphatic rings. The minimum Gasteiger partial charge on any atom is -0.392 e. The van der Waals surface area contributed by atoms with E-state index in [4.69, 9.17) is 18.0 Å². The highest BCUT2D eigenvalue weighted by molar-refractivity contribution is 9.10. The first-order valence-corrected chi connectivity index (χ1v) is 8.24. The third-order valence-electron chi connectivity index (χ3n) is 3.89. The lowest BCUT2D eigenvalue weighted by Gasteiger charge is -2.30. The number of amides is 1. The molecular formula is C15H18BrFN2OS. The SMILES string of the molecule is NC(=S)C(NC(=O)c1cc(F)ccc1Br)C1CCCCC1. The third-order valence-corrected chi connectivity index (χ3v) is 4.83. The monoisotopic (exact) mass is 372 g/mol. The van der Waals surface area contributed by atoms with Crippen LogP contribution in [0.15, 0.2) is 22.7 Å². The Morgan fingerprint density at radius 3 is 2.67 bits per heavy atom. The maximum atomic E-state index is 13.3. The molecule has 1 aromatic rings. The summed E-state index contributed by atoms with van der Waals surface area (Å²) in [5, 5.41) is 2.87. The second kappa shape index (κ2) is 7.31. The van der Waals surface area contributed by atoms with Crippen LogP contribution in [0.2, 0.25) is 0 Å². The highest BCUT2D eigenvalue weighted by Gasteiger charge is 2.28. The lowest BCUT2D eigenvalue weighted by Crippen LogP contribution is -2.48. The maximum Gasteiger partial charge on any atom is 0.253 e. The lowest BCUT2D eigenvalue weighted by atomic mass is 9.83. The van der Waals surface area contributed by atoms with Crippen LogP contribution < -0.4 is 11.1 Å². The molecule has 21 heavy (non-hydrogen) atoms. The Bertz CT molecular complexity index is 546. The molecule has 1 atom stereocenters. The quantitative estimate of drug-likeness (QED) is 0.794. The van der Waals surface area contributed by atoms with Crippen LogP contribution >= 0.6 is 28.1 Å². The second-order valence-corrected chi connectivity index (χ2v) is 6.70. The Balaban J connectivity index is 2.14. The molecule has 0 spiro atoms. The first-order valence-electron chi connectivity index (χ1n) is 7.04. The van der Waals surface area contributed by atoms with Gasteiger partial charge >= 0.3 is 0 Å². The van der Waals surface area contributed by atoms with Crippen LogP contribution in [0.5, 0.6) is 0 Å². The predicted octanol–water partition coefficient (Wildman–Crippen LogP) is 3.55. The number of hydrogen-bond donors (Lipinski definition) is 2. The number of rotatable bonds is 4. The summed E-state index contributed by atoms with van der Waals surface area (Å²) in [6.07, 6.45) is 5.48. The van der Waals surface area contributed by atoms with Gasteiger partial charge in [0.2, 0.25) is 0 Å². The Labute approximate surface area is 137 Å². The van der Waals surface area contributed by atoms with Crippen molar-refractivity contribution >= 4 is 39.0 Å². The molecule has 114 valence electrons. The molecule has 3 nitrogen and oxygen atoms in total. The van der Waals surface area contributed by atoms with E-state index in [1.54, 1.807) is 0 Å². The molecule has 1 aliphatic carbocycles. The lowest BCUT2D eigenvalue weighted by molar-refractivity contribution is 0.0930. The zero-order valence-electron chi connectivity index (χ0n) is 11.6. The van der Waals surface area contributed by atoms with E-state index in [-0.39, 0.29) is 23.4 Å². The minimum atomic E-state index is -0.451. The molecule has 0 radical (unpaired) electrons. The van der Waals surface area contributed by atoms with Gasteiger partial charge in [-0.1, -0.05) is 31.5 Å². The van der Waals surface area contributed by atoms with Crippen molar-refractivity contribution in [2.24, 2.45) is 11.7 Å². The molecule has 1 amide bonds. The van der Waals surface area contributed by atoms with E-state index < -0.39 is 5.82 Å². The Morgan fingerprint density at radius 1 is 1.38 bits per heavy atom. The number of hydrogen-bond acceptors (Lipinski definition) is 2. The molecule has 0 heterocycles. The highest BCUT2D eigenvalue weighted by Crippen LogP contribution is 2.27. The summed E-state index contributed by atoms with van der Waals surface area (Å²) in [4.78, 5) is 12.6. The van der Waals surface area contributed by atoms with Crippen molar-refractivity contribution in [2.75, 3.05) is 0 Å². The van der Waals surface area contributed by atoms with Crippen LogP contribution in [0.25, 0.3) is 0 Å². The topological polar surface area (TPSA) is 55.1 Å². The van der Waals surface area contributed by atoms with E-state index in [1.165, 1.54) is 24.6 Å². The maximum absolute atomic E-state index is 13.3. The van der Waals surface area contributed by atoms with Crippen LogP contribution in [0, 0.1) is 11.7 Å². The van der Waals surface area contributed by atoms with E-state index in [0.29, 0.717) is 9.46 Å². The van der Waals surface area contributed by atoms with Crippen LogP contribution in [-0.4, -0.2) is 16.9 Å². The van der Waals surface area contributed by atoms with Gasteiger partial charge in [-0.2, -0.15) is 0 Å². The largest absolute Gasteiger partial charge is 0.392 e. The van der Waals surface area contributed by atoms with Gasteiger partial charge in [-0.25, -0.2) is 4.39 Å². The van der Waals surface area contributed by atoms with Crippen molar-refractivity contribution in [2.45, 2.75) is 38.1 Å². The van der Waals surface area contributed by atoms with Crippen LogP contribution in [0.1, 0.15) is 42.5 Å². The van der Waals surface area contributed by atoms with Crippen LogP contribution in [-0.2, 0) is 0 Å². The zero-order chi connectivity index (χ0) is 15.4. The van der Waals surface area contributed by atoms with Gasteiger partial charge in [0.1, 0.15) is 5.82 Å². The van der Waals surface area contributed by atoms with E-state index in [0.717, 1.165) is 25.7 Å². The average molecular weight is 373 g/mol. The molecule has 1 saturated carbocycles. The zero-order valence-corrected chi connectivity index (χ0v) is 14.0. The summed E-state index contributed by atoms with van der Waals surface area (Å²) in [7, 11) is 0. The molecule has 0 aliphatic heterocycles. The van der Waals surface area contributed by atoms with E-state index >= 15 is 0 Å². The van der Waals surface area contributed by atoms with Gasteiger partial charge in [0.05, 0.1) is 16.6 Å². The van der Waals surface area contributed by atoms with Crippen molar-refractivity contribution in [1.29, 1.82) is 0 Å². The number of carbonyl (C=O) groups is 1. The minimum absolute atomic E-state index is 0.257. The van der Waals surface area contributed by atoms with Gasteiger partial charge in [0.15, 0.2) is 0 Å². The fourth-order valence-corrected chi connectivity index (χ4v) is 3.46. The molecule has 2 rings (SSSR count). The molecule has 1 unspecified atom stereocenters. The fraction of sp³-hybridized carbons (Fsp3) is 0.467. The highest BCUT2D eigenvalue weighted by atomic mass is 79.9. The van der Waals surface area contributed by atoms with Crippen molar-refractivity contribution in [1.82, 2.24) is 5.32 Å². The van der Waals surface area contributed by atoms with Gasteiger partial charge in [-0.05, 0) is 52.9 Å². The van der Waals surface area contributed by atoms with E-state index in [2.05, 4.69) is 21.2 Å².